The van der Waals surface area contributed by atoms with E-state index < -0.39 is 30.5 Å². The van der Waals surface area contributed by atoms with E-state index in [0.29, 0.717) is 26.0 Å². The minimum atomic E-state index is -1.13. The fourth-order valence-corrected chi connectivity index (χ4v) is 3.83. The Kier molecular flexibility index (Phi) is 13.0. The van der Waals surface area contributed by atoms with Crippen LogP contribution >= 0.6 is 0 Å². The molecule has 9 heteroatoms. The lowest BCUT2D eigenvalue weighted by Gasteiger charge is -2.40. The van der Waals surface area contributed by atoms with Crippen LogP contribution in [-0.4, -0.2) is 101 Å². The first-order valence-electron chi connectivity index (χ1n) is 11.1. The Morgan fingerprint density at radius 1 is 1.10 bits per heavy atom. The van der Waals surface area contributed by atoms with E-state index in [2.05, 4.69) is 0 Å². The van der Waals surface area contributed by atoms with Crippen molar-refractivity contribution in [2.24, 2.45) is 5.92 Å². The molecule has 30 heavy (non-hydrogen) atoms. The highest BCUT2D eigenvalue weighted by molar-refractivity contribution is 5.76. The molecule has 7 atom stereocenters. The Balaban J connectivity index is 0.00000218. The Morgan fingerprint density at radius 3 is 2.40 bits per heavy atom. The number of carbonyl (C=O) groups is 1. The highest BCUT2D eigenvalue weighted by atomic mass is 16.7. The first-order valence-corrected chi connectivity index (χ1v) is 11.1. The summed E-state index contributed by atoms with van der Waals surface area (Å²) in [6, 6.07) is -0.160. The van der Waals surface area contributed by atoms with Gasteiger partial charge in [0.25, 0.3) is 0 Å². The topological polar surface area (TPSA) is 129 Å². The second-order valence-corrected chi connectivity index (χ2v) is 7.72. The first-order chi connectivity index (χ1) is 14.4. The largest absolute Gasteiger partial charge is 0.394 e. The van der Waals surface area contributed by atoms with Crippen molar-refractivity contribution in [2.75, 3.05) is 33.5 Å². The molecule has 4 N–H and O–H groups in total. The molecule has 1 amide bonds. The number of aliphatic hydroxyl groups is 4. The molecule has 3 unspecified atom stereocenters. The summed E-state index contributed by atoms with van der Waals surface area (Å²) >= 11 is 0. The average molecular weight is 436 g/mol. The predicted molar refractivity (Wildman–Crippen MR) is 111 cm³/mol. The predicted octanol–water partition coefficient (Wildman–Crippen LogP) is 0.273. The number of methoxy groups -OCH3 is 1. The lowest BCUT2D eigenvalue weighted by Crippen LogP contribution is -2.55. The maximum absolute atomic E-state index is 12.4. The summed E-state index contributed by atoms with van der Waals surface area (Å²) in [6.45, 7) is 6.22. The van der Waals surface area contributed by atoms with E-state index in [-0.39, 0.29) is 31.3 Å². The van der Waals surface area contributed by atoms with Crippen LogP contribution < -0.4 is 0 Å². The van der Waals surface area contributed by atoms with E-state index in [1.165, 1.54) is 0 Å². The third kappa shape index (κ3) is 7.40. The van der Waals surface area contributed by atoms with Crippen LogP contribution in [0, 0.1) is 5.92 Å². The van der Waals surface area contributed by atoms with Gasteiger partial charge >= 0.3 is 0 Å². The van der Waals surface area contributed by atoms with Gasteiger partial charge in [-0.15, -0.1) is 0 Å². The summed E-state index contributed by atoms with van der Waals surface area (Å²) < 4.78 is 16.5. The maximum atomic E-state index is 12.4. The number of carbonyl (C=O) groups excluding carboxylic acids is 1. The SMILES string of the molecule is CC.CO[C@@H]1C[C@@H](CO)N(C(=O)CCCCCOC2OC(CO)[C@H](O)C(O)[C@@H]2C)C1. The molecule has 178 valence electrons. The Morgan fingerprint density at radius 2 is 1.80 bits per heavy atom. The van der Waals surface area contributed by atoms with Crippen LogP contribution in [0.5, 0.6) is 0 Å². The van der Waals surface area contributed by atoms with Gasteiger partial charge in [0, 0.05) is 32.6 Å². The molecule has 0 radical (unpaired) electrons. The zero-order valence-corrected chi connectivity index (χ0v) is 18.8. The van der Waals surface area contributed by atoms with Gasteiger partial charge in [0.15, 0.2) is 6.29 Å². The van der Waals surface area contributed by atoms with Crippen molar-refractivity contribution < 1.29 is 39.4 Å². The molecule has 2 heterocycles. The maximum Gasteiger partial charge on any atom is 0.222 e. The fourth-order valence-electron chi connectivity index (χ4n) is 3.83. The Bertz CT molecular complexity index is 478. The highest BCUT2D eigenvalue weighted by Gasteiger charge is 2.42. The zero-order chi connectivity index (χ0) is 22.7. The highest BCUT2D eigenvalue weighted by Crippen LogP contribution is 2.27. The standard InChI is InChI=1S/C19H35NO8.C2H6/c1-12-17(24)18(25)15(11-22)28-19(12)27-7-5-3-4-6-16(23)20-9-14(26-2)8-13(20)10-21;1-2/h12-15,17-19,21-22,24-25H,3-11H2,1-2H3;1-2H3/t12-,13-,14+,15?,17?,18-,19?;/m0./s1. The van der Waals surface area contributed by atoms with Crippen LogP contribution in [0.3, 0.4) is 0 Å². The summed E-state index contributed by atoms with van der Waals surface area (Å²) in [4.78, 5) is 14.1. The van der Waals surface area contributed by atoms with Crippen LogP contribution in [0.25, 0.3) is 0 Å². The van der Waals surface area contributed by atoms with Crippen molar-refractivity contribution in [3.05, 3.63) is 0 Å². The normalized spacial score (nSPS) is 33.9. The van der Waals surface area contributed by atoms with Gasteiger partial charge in [-0.25, -0.2) is 0 Å². The molecule has 2 saturated heterocycles. The second-order valence-electron chi connectivity index (χ2n) is 7.72. The lowest BCUT2D eigenvalue weighted by molar-refractivity contribution is -0.282. The number of amides is 1. The van der Waals surface area contributed by atoms with E-state index in [1.807, 2.05) is 13.8 Å². The summed E-state index contributed by atoms with van der Waals surface area (Å²) in [6.07, 6.45) is -0.356. The van der Waals surface area contributed by atoms with Gasteiger partial charge in [0.05, 0.1) is 31.5 Å². The first kappa shape index (κ1) is 27.2. The van der Waals surface area contributed by atoms with Crippen molar-refractivity contribution in [3.63, 3.8) is 0 Å². The van der Waals surface area contributed by atoms with Gasteiger partial charge in [-0.05, 0) is 19.3 Å². The van der Waals surface area contributed by atoms with Gasteiger partial charge in [-0.2, -0.15) is 0 Å². The van der Waals surface area contributed by atoms with Crippen LogP contribution in [0.15, 0.2) is 0 Å². The molecule has 2 rings (SSSR count). The summed E-state index contributed by atoms with van der Waals surface area (Å²) in [5.41, 5.74) is 0. The van der Waals surface area contributed by atoms with E-state index in [0.717, 1.165) is 19.3 Å². The van der Waals surface area contributed by atoms with Crippen molar-refractivity contribution in [1.82, 2.24) is 4.90 Å². The molecule has 9 nitrogen and oxygen atoms in total. The molecule has 0 saturated carbocycles. The summed E-state index contributed by atoms with van der Waals surface area (Å²) in [7, 11) is 1.62. The summed E-state index contributed by atoms with van der Waals surface area (Å²) in [5.74, 6) is -0.370. The smallest absolute Gasteiger partial charge is 0.222 e. The van der Waals surface area contributed by atoms with E-state index >= 15 is 0 Å². The number of hydrogen-bond donors (Lipinski definition) is 4. The van der Waals surface area contributed by atoms with Crippen LogP contribution in [0.4, 0.5) is 0 Å². The van der Waals surface area contributed by atoms with Gasteiger partial charge < -0.3 is 39.5 Å². The second kappa shape index (κ2) is 14.3. The number of aliphatic hydroxyl groups excluding tert-OH is 4. The van der Waals surface area contributed by atoms with Gasteiger partial charge in [0.1, 0.15) is 12.2 Å². The molecule has 0 spiro atoms. The molecule has 0 bridgehead atoms. The van der Waals surface area contributed by atoms with Crippen molar-refractivity contribution in [3.8, 4) is 0 Å². The minimum Gasteiger partial charge on any atom is -0.394 e. The molecule has 0 aromatic rings. The number of likely N-dealkylation sites (tertiary alicyclic amines) is 1. The van der Waals surface area contributed by atoms with E-state index in [4.69, 9.17) is 14.2 Å². The van der Waals surface area contributed by atoms with E-state index in [9.17, 15) is 25.2 Å². The third-order valence-corrected chi connectivity index (χ3v) is 5.75. The molecule has 0 aromatic carbocycles. The molecule has 2 aliphatic rings. The van der Waals surface area contributed by atoms with Crippen LogP contribution in [0.1, 0.15) is 52.9 Å². The van der Waals surface area contributed by atoms with Crippen molar-refractivity contribution in [2.45, 2.75) is 89.6 Å². The molecule has 0 aromatic heterocycles. The third-order valence-electron chi connectivity index (χ3n) is 5.75. The molecule has 2 fully saturated rings. The Labute approximate surface area is 179 Å². The van der Waals surface area contributed by atoms with Gasteiger partial charge in [-0.1, -0.05) is 27.2 Å². The summed E-state index contributed by atoms with van der Waals surface area (Å²) in [5, 5.41) is 38.5. The average Bonchev–Trinajstić information content (AvgIpc) is 3.21. The molecule has 0 aliphatic carbocycles. The number of nitrogens with zero attached hydrogens (tertiary/aromatic N) is 1. The van der Waals surface area contributed by atoms with Crippen molar-refractivity contribution in [1.29, 1.82) is 0 Å². The monoisotopic (exact) mass is 435 g/mol. The molecule has 2 aliphatic heterocycles. The molecular formula is C21H41NO8. The lowest BCUT2D eigenvalue weighted by atomic mass is 9.92. The van der Waals surface area contributed by atoms with Crippen molar-refractivity contribution >= 4 is 5.91 Å². The zero-order valence-electron chi connectivity index (χ0n) is 18.8. The fraction of sp³-hybridized carbons (Fsp3) is 0.952. The number of unbranched alkanes of at least 4 members (excludes halogenated alkanes) is 2. The van der Waals surface area contributed by atoms with Gasteiger partial charge in [-0.3, -0.25) is 4.79 Å². The number of ether oxygens (including phenoxy) is 3. The number of rotatable bonds is 10. The van der Waals surface area contributed by atoms with Crippen LogP contribution in [0.2, 0.25) is 0 Å². The molecular weight excluding hydrogens is 394 g/mol. The quantitative estimate of drug-likeness (QED) is 0.360. The Hall–Kier alpha value is -0.810. The van der Waals surface area contributed by atoms with Gasteiger partial charge in [0.2, 0.25) is 5.91 Å². The number of hydrogen-bond acceptors (Lipinski definition) is 8. The minimum absolute atomic E-state index is 0.0106. The van der Waals surface area contributed by atoms with Crippen LogP contribution in [-0.2, 0) is 19.0 Å². The van der Waals surface area contributed by atoms with E-state index in [1.54, 1.807) is 18.9 Å².